The van der Waals surface area contributed by atoms with Crippen LogP contribution in [0, 0.1) is 0 Å². The molecule has 1 heterocycles. The zero-order valence-electron chi connectivity index (χ0n) is 18.4. The molecule has 4 rings (SSSR count). The van der Waals surface area contributed by atoms with Gasteiger partial charge in [0, 0.05) is 19.2 Å². The van der Waals surface area contributed by atoms with Gasteiger partial charge in [0.2, 0.25) is 5.91 Å². The highest BCUT2D eigenvalue weighted by Crippen LogP contribution is 2.23. The third-order valence-electron chi connectivity index (χ3n) is 5.17. The second-order valence-electron chi connectivity index (χ2n) is 7.41. The minimum atomic E-state index is -0.382. The lowest BCUT2D eigenvalue weighted by molar-refractivity contribution is -0.113. The summed E-state index contributed by atoms with van der Waals surface area (Å²) in [5, 5.41) is 14.5. The number of ether oxygens (including phenoxy) is 1. The minimum Gasteiger partial charge on any atom is -0.462 e. The highest BCUT2D eigenvalue weighted by Gasteiger charge is 2.13. The van der Waals surface area contributed by atoms with Crippen LogP contribution in [-0.2, 0) is 23.0 Å². The first-order chi connectivity index (χ1) is 16.0. The first-order valence-corrected chi connectivity index (χ1v) is 11.6. The number of nitrogens with zero attached hydrogens (tertiary/aromatic N) is 3. The Morgan fingerprint density at radius 3 is 2.55 bits per heavy atom. The number of fused-ring (bicyclic) bond motifs is 1. The molecule has 0 fully saturated rings. The van der Waals surface area contributed by atoms with Crippen LogP contribution in [0.2, 0.25) is 0 Å². The number of nitrogens with one attached hydrogen (secondary N) is 1. The number of hydrogen-bond donors (Lipinski definition) is 1. The van der Waals surface area contributed by atoms with Crippen LogP contribution in [0.4, 0.5) is 5.69 Å². The molecule has 1 aromatic heterocycles. The molecule has 1 amide bonds. The summed E-state index contributed by atoms with van der Waals surface area (Å²) in [5.74, 6) is 0.485. The SMILES string of the molecule is CCOC(=O)c1ccc(NC(=O)CSc2nnc(Cc3cccc4ccccc34)n2C)cc1. The van der Waals surface area contributed by atoms with Crippen LogP contribution in [0.3, 0.4) is 0 Å². The molecule has 4 aromatic rings. The molecule has 168 valence electrons. The number of esters is 1. The standard InChI is InChI=1S/C25H24N4O3S/c1-3-32-24(31)18-11-13-20(14-12-18)26-23(30)16-33-25-28-27-22(29(25)2)15-19-9-6-8-17-7-4-5-10-21(17)19/h4-14H,3,15-16H2,1-2H3,(H,26,30). The smallest absolute Gasteiger partial charge is 0.338 e. The van der Waals surface area contributed by atoms with Gasteiger partial charge in [-0.05, 0) is 47.5 Å². The van der Waals surface area contributed by atoms with Crippen molar-refractivity contribution >= 4 is 40.1 Å². The first kappa shape index (κ1) is 22.5. The molecule has 0 aliphatic carbocycles. The first-order valence-electron chi connectivity index (χ1n) is 10.6. The molecular formula is C25H24N4O3S. The quantitative estimate of drug-likeness (QED) is 0.309. The molecule has 0 saturated carbocycles. The predicted octanol–water partition coefficient (Wildman–Crippen LogP) is 4.47. The maximum absolute atomic E-state index is 12.4. The molecule has 33 heavy (non-hydrogen) atoms. The van der Waals surface area contributed by atoms with E-state index in [1.165, 1.54) is 28.1 Å². The summed E-state index contributed by atoms with van der Waals surface area (Å²) in [4.78, 5) is 24.1. The van der Waals surface area contributed by atoms with Gasteiger partial charge in [0.15, 0.2) is 5.16 Å². The molecule has 0 aliphatic rings. The fraction of sp³-hybridized carbons (Fsp3) is 0.200. The van der Waals surface area contributed by atoms with Crippen molar-refractivity contribution in [2.45, 2.75) is 18.5 Å². The van der Waals surface area contributed by atoms with Crippen LogP contribution in [0.15, 0.2) is 71.9 Å². The van der Waals surface area contributed by atoms with Crippen molar-refractivity contribution in [2.24, 2.45) is 7.05 Å². The van der Waals surface area contributed by atoms with E-state index in [9.17, 15) is 9.59 Å². The lowest BCUT2D eigenvalue weighted by Crippen LogP contribution is -2.14. The van der Waals surface area contributed by atoms with E-state index in [2.05, 4.69) is 39.8 Å². The monoisotopic (exact) mass is 460 g/mol. The number of hydrogen-bond acceptors (Lipinski definition) is 6. The Hall–Kier alpha value is -3.65. The Labute approximate surface area is 196 Å². The van der Waals surface area contributed by atoms with Gasteiger partial charge in [-0.3, -0.25) is 4.79 Å². The summed E-state index contributed by atoms with van der Waals surface area (Å²) in [5.41, 5.74) is 2.24. The molecule has 7 nitrogen and oxygen atoms in total. The average molecular weight is 461 g/mol. The Morgan fingerprint density at radius 1 is 1.00 bits per heavy atom. The average Bonchev–Trinajstić information content (AvgIpc) is 3.17. The summed E-state index contributed by atoms with van der Waals surface area (Å²) < 4.78 is 6.89. The maximum Gasteiger partial charge on any atom is 0.338 e. The number of amides is 1. The van der Waals surface area contributed by atoms with E-state index >= 15 is 0 Å². The number of aromatic nitrogens is 3. The molecule has 8 heteroatoms. The Kier molecular flexibility index (Phi) is 7.04. The van der Waals surface area contributed by atoms with E-state index in [1.54, 1.807) is 31.2 Å². The van der Waals surface area contributed by atoms with Crippen molar-refractivity contribution in [3.8, 4) is 0 Å². The lowest BCUT2D eigenvalue weighted by atomic mass is 10.0. The van der Waals surface area contributed by atoms with Gasteiger partial charge >= 0.3 is 5.97 Å². The van der Waals surface area contributed by atoms with Crippen LogP contribution >= 0.6 is 11.8 Å². The summed E-state index contributed by atoms with van der Waals surface area (Å²) in [6.07, 6.45) is 0.657. The normalized spacial score (nSPS) is 10.8. The van der Waals surface area contributed by atoms with Crippen LogP contribution in [0.1, 0.15) is 28.7 Å². The Morgan fingerprint density at radius 2 is 1.76 bits per heavy atom. The van der Waals surface area contributed by atoms with E-state index in [4.69, 9.17) is 4.74 Å². The van der Waals surface area contributed by atoms with E-state index in [0.717, 1.165) is 5.82 Å². The summed E-state index contributed by atoms with van der Waals surface area (Å²) in [6.45, 7) is 2.08. The Bertz CT molecular complexity index is 1280. The predicted molar refractivity (Wildman–Crippen MR) is 130 cm³/mol. The zero-order chi connectivity index (χ0) is 23.2. The van der Waals surface area contributed by atoms with Crippen molar-refractivity contribution in [3.63, 3.8) is 0 Å². The van der Waals surface area contributed by atoms with Crippen molar-refractivity contribution in [2.75, 3.05) is 17.7 Å². The van der Waals surface area contributed by atoms with E-state index < -0.39 is 0 Å². The van der Waals surface area contributed by atoms with Gasteiger partial charge in [0.25, 0.3) is 0 Å². The lowest BCUT2D eigenvalue weighted by Gasteiger charge is -2.08. The van der Waals surface area contributed by atoms with Crippen LogP contribution < -0.4 is 5.32 Å². The number of thioether (sulfide) groups is 1. The summed E-state index contributed by atoms with van der Waals surface area (Å²) in [6, 6.07) is 21.1. The van der Waals surface area contributed by atoms with Crippen LogP contribution in [0.5, 0.6) is 0 Å². The van der Waals surface area contributed by atoms with Gasteiger partial charge in [-0.1, -0.05) is 54.2 Å². The van der Waals surface area contributed by atoms with E-state index in [0.29, 0.717) is 29.4 Å². The molecule has 3 aromatic carbocycles. The molecular weight excluding hydrogens is 436 g/mol. The summed E-state index contributed by atoms with van der Waals surface area (Å²) >= 11 is 1.33. The number of carbonyl (C=O) groups is 2. The van der Waals surface area contributed by atoms with Gasteiger partial charge in [0.05, 0.1) is 17.9 Å². The number of anilines is 1. The molecule has 0 atom stereocenters. The van der Waals surface area contributed by atoms with Crippen molar-refractivity contribution in [1.29, 1.82) is 0 Å². The van der Waals surface area contributed by atoms with Crippen LogP contribution in [-0.4, -0.2) is 39.0 Å². The fourth-order valence-corrected chi connectivity index (χ4v) is 4.20. The van der Waals surface area contributed by atoms with Gasteiger partial charge < -0.3 is 14.6 Å². The fourth-order valence-electron chi connectivity index (χ4n) is 3.47. The maximum atomic E-state index is 12.4. The number of rotatable bonds is 8. The largest absolute Gasteiger partial charge is 0.462 e. The third-order valence-corrected chi connectivity index (χ3v) is 6.19. The van der Waals surface area contributed by atoms with Gasteiger partial charge in [-0.25, -0.2) is 4.79 Å². The van der Waals surface area contributed by atoms with E-state index in [1.807, 2.05) is 29.8 Å². The highest BCUT2D eigenvalue weighted by molar-refractivity contribution is 7.99. The van der Waals surface area contributed by atoms with Gasteiger partial charge in [-0.2, -0.15) is 0 Å². The molecule has 0 radical (unpaired) electrons. The topological polar surface area (TPSA) is 86.1 Å². The second-order valence-corrected chi connectivity index (χ2v) is 8.35. The minimum absolute atomic E-state index is 0.164. The molecule has 0 bridgehead atoms. The summed E-state index contributed by atoms with van der Waals surface area (Å²) in [7, 11) is 1.91. The molecule has 0 spiro atoms. The number of benzene rings is 3. The van der Waals surface area contributed by atoms with Crippen molar-refractivity contribution in [1.82, 2.24) is 14.8 Å². The van der Waals surface area contributed by atoms with Gasteiger partial charge in [-0.15, -0.1) is 10.2 Å². The molecule has 0 unspecified atom stereocenters. The second kappa shape index (κ2) is 10.3. The molecule has 0 aliphatic heterocycles. The van der Waals surface area contributed by atoms with Crippen molar-refractivity contribution in [3.05, 3.63) is 83.7 Å². The molecule has 0 saturated heterocycles. The van der Waals surface area contributed by atoms with E-state index in [-0.39, 0.29) is 17.6 Å². The Balaban J connectivity index is 1.35. The molecule has 1 N–H and O–H groups in total. The van der Waals surface area contributed by atoms with Gasteiger partial charge in [0.1, 0.15) is 5.82 Å². The highest BCUT2D eigenvalue weighted by atomic mass is 32.2. The third kappa shape index (κ3) is 5.40. The zero-order valence-corrected chi connectivity index (χ0v) is 19.3. The van der Waals surface area contributed by atoms with Crippen molar-refractivity contribution < 1.29 is 14.3 Å². The number of carbonyl (C=O) groups excluding carboxylic acids is 2. The van der Waals surface area contributed by atoms with Crippen LogP contribution in [0.25, 0.3) is 10.8 Å².